The largest absolute Gasteiger partial charge is 0.396 e. The molecule has 1 aliphatic heterocycles. The normalized spacial score (nSPS) is 25.4. The summed E-state index contributed by atoms with van der Waals surface area (Å²) >= 11 is 0. The average molecular weight is 185 g/mol. The van der Waals surface area contributed by atoms with E-state index in [0.29, 0.717) is 18.1 Å². The van der Waals surface area contributed by atoms with Gasteiger partial charge in [-0.1, -0.05) is 13.3 Å². The van der Waals surface area contributed by atoms with Crippen LogP contribution in [0.4, 0.5) is 0 Å². The molecule has 0 spiro atoms. The molecule has 78 valence electrons. The van der Waals surface area contributed by atoms with E-state index in [0.717, 1.165) is 13.1 Å². The maximum atomic E-state index is 9.05. The highest BCUT2D eigenvalue weighted by molar-refractivity contribution is 4.87. The van der Waals surface area contributed by atoms with E-state index in [1.165, 1.54) is 19.3 Å². The summed E-state index contributed by atoms with van der Waals surface area (Å²) in [4.78, 5) is 2.53. The summed E-state index contributed by atoms with van der Waals surface area (Å²) in [5, 5.41) is 9.05. The summed E-state index contributed by atoms with van der Waals surface area (Å²) in [5.74, 6) is 0.524. The molecule has 0 aromatic heterocycles. The Labute approximate surface area is 81.9 Å². The van der Waals surface area contributed by atoms with E-state index in [9.17, 15) is 0 Å². The van der Waals surface area contributed by atoms with E-state index in [-0.39, 0.29) is 0 Å². The zero-order valence-electron chi connectivity index (χ0n) is 9.21. The first-order valence-corrected chi connectivity index (χ1v) is 5.46. The summed E-state index contributed by atoms with van der Waals surface area (Å²) in [5.41, 5.74) is 0.332. The third-order valence-corrected chi connectivity index (χ3v) is 3.26. The van der Waals surface area contributed by atoms with Crippen LogP contribution in [0.3, 0.4) is 0 Å². The number of aliphatic hydroxyl groups is 1. The van der Waals surface area contributed by atoms with Gasteiger partial charge in [-0.2, -0.15) is 0 Å². The van der Waals surface area contributed by atoms with Crippen LogP contribution in [0.25, 0.3) is 0 Å². The summed E-state index contributed by atoms with van der Waals surface area (Å²) in [6.07, 6.45) is 3.67. The van der Waals surface area contributed by atoms with Crippen molar-refractivity contribution in [1.29, 1.82) is 0 Å². The van der Waals surface area contributed by atoms with Crippen molar-refractivity contribution < 1.29 is 5.11 Å². The summed E-state index contributed by atoms with van der Waals surface area (Å²) in [7, 11) is 0. The molecular weight excluding hydrogens is 162 g/mol. The highest BCUT2D eigenvalue weighted by Crippen LogP contribution is 2.27. The lowest BCUT2D eigenvalue weighted by molar-refractivity contribution is 0.128. The minimum Gasteiger partial charge on any atom is -0.396 e. The van der Waals surface area contributed by atoms with Crippen LogP contribution in [-0.4, -0.2) is 35.2 Å². The molecule has 0 aliphatic carbocycles. The number of rotatable bonds is 4. The van der Waals surface area contributed by atoms with Gasteiger partial charge in [-0.15, -0.1) is 0 Å². The Balaban J connectivity index is 2.44. The minimum atomic E-state index is 0.332. The second-order valence-corrected chi connectivity index (χ2v) is 4.85. The molecule has 1 saturated heterocycles. The van der Waals surface area contributed by atoms with Crippen LogP contribution in [0.15, 0.2) is 0 Å². The Kier molecular flexibility index (Phi) is 3.74. The lowest BCUT2D eigenvalue weighted by Gasteiger charge is -2.35. The van der Waals surface area contributed by atoms with Crippen molar-refractivity contribution in [1.82, 2.24) is 4.90 Å². The van der Waals surface area contributed by atoms with Crippen molar-refractivity contribution in [3.63, 3.8) is 0 Å². The summed E-state index contributed by atoms with van der Waals surface area (Å²) in [6, 6.07) is 0. The molecule has 2 nitrogen and oxygen atoms in total. The van der Waals surface area contributed by atoms with Gasteiger partial charge in [0, 0.05) is 18.7 Å². The maximum absolute atomic E-state index is 9.05. The molecule has 1 unspecified atom stereocenters. The lowest BCUT2D eigenvalue weighted by atomic mass is 9.97. The van der Waals surface area contributed by atoms with Crippen molar-refractivity contribution in [3.8, 4) is 0 Å². The molecule has 1 N–H and O–H groups in total. The van der Waals surface area contributed by atoms with Gasteiger partial charge < -0.3 is 5.11 Å². The van der Waals surface area contributed by atoms with Gasteiger partial charge in [0.15, 0.2) is 0 Å². The smallest absolute Gasteiger partial charge is 0.0471 e. The van der Waals surface area contributed by atoms with Gasteiger partial charge in [0.25, 0.3) is 0 Å². The Morgan fingerprint density at radius 2 is 2.15 bits per heavy atom. The zero-order chi connectivity index (χ0) is 9.90. The van der Waals surface area contributed by atoms with Gasteiger partial charge in [0.05, 0.1) is 0 Å². The molecule has 0 aromatic rings. The summed E-state index contributed by atoms with van der Waals surface area (Å²) in [6.45, 7) is 9.48. The van der Waals surface area contributed by atoms with Crippen LogP contribution in [0.1, 0.15) is 40.0 Å². The molecule has 1 fully saturated rings. The van der Waals surface area contributed by atoms with Crippen molar-refractivity contribution in [2.24, 2.45) is 5.92 Å². The van der Waals surface area contributed by atoms with Crippen molar-refractivity contribution in [2.45, 2.75) is 45.6 Å². The summed E-state index contributed by atoms with van der Waals surface area (Å²) < 4.78 is 0. The van der Waals surface area contributed by atoms with Gasteiger partial charge in [0.2, 0.25) is 0 Å². The first kappa shape index (κ1) is 11.0. The Bertz CT molecular complexity index is 156. The van der Waals surface area contributed by atoms with E-state index in [1.54, 1.807) is 0 Å². The van der Waals surface area contributed by atoms with Crippen LogP contribution in [0.2, 0.25) is 0 Å². The first-order chi connectivity index (χ1) is 6.10. The van der Waals surface area contributed by atoms with Gasteiger partial charge in [-0.25, -0.2) is 0 Å². The molecular formula is C11H23NO. The molecule has 1 heterocycles. The van der Waals surface area contributed by atoms with E-state index in [2.05, 4.69) is 25.7 Å². The number of hydrogen-bond donors (Lipinski definition) is 1. The van der Waals surface area contributed by atoms with Crippen molar-refractivity contribution in [2.75, 3.05) is 19.7 Å². The monoisotopic (exact) mass is 185 g/mol. The van der Waals surface area contributed by atoms with Crippen LogP contribution in [0, 0.1) is 5.92 Å². The standard InChI is InChI=1S/C11H23NO/c1-4-6-11(2,3)12-7-5-10(8-12)9-13/h10,13H,4-9H2,1-3H3. The Morgan fingerprint density at radius 1 is 1.46 bits per heavy atom. The topological polar surface area (TPSA) is 23.5 Å². The third kappa shape index (κ3) is 2.68. The lowest BCUT2D eigenvalue weighted by Crippen LogP contribution is -2.42. The number of aliphatic hydroxyl groups excluding tert-OH is 1. The van der Waals surface area contributed by atoms with Crippen LogP contribution >= 0.6 is 0 Å². The minimum absolute atomic E-state index is 0.332. The molecule has 0 bridgehead atoms. The van der Waals surface area contributed by atoms with Gasteiger partial charge in [0.1, 0.15) is 0 Å². The number of hydrogen-bond acceptors (Lipinski definition) is 2. The molecule has 0 radical (unpaired) electrons. The SMILES string of the molecule is CCCC(C)(C)N1CCC(CO)C1. The van der Waals surface area contributed by atoms with Crippen LogP contribution in [-0.2, 0) is 0 Å². The fourth-order valence-corrected chi connectivity index (χ4v) is 2.30. The van der Waals surface area contributed by atoms with Gasteiger partial charge in [-0.05, 0) is 39.2 Å². The zero-order valence-corrected chi connectivity index (χ0v) is 9.21. The predicted molar refractivity (Wildman–Crippen MR) is 55.8 cm³/mol. The van der Waals surface area contributed by atoms with E-state index in [1.807, 2.05) is 0 Å². The van der Waals surface area contributed by atoms with Crippen LogP contribution < -0.4 is 0 Å². The fourth-order valence-electron chi connectivity index (χ4n) is 2.30. The molecule has 0 saturated carbocycles. The number of nitrogens with zero attached hydrogens (tertiary/aromatic N) is 1. The number of likely N-dealkylation sites (tertiary alicyclic amines) is 1. The average Bonchev–Trinajstić information content (AvgIpc) is 2.52. The van der Waals surface area contributed by atoms with E-state index in [4.69, 9.17) is 5.11 Å². The Morgan fingerprint density at radius 3 is 2.62 bits per heavy atom. The molecule has 1 rings (SSSR count). The predicted octanol–water partition coefficient (Wildman–Crippen LogP) is 1.88. The van der Waals surface area contributed by atoms with Gasteiger partial charge in [-0.3, -0.25) is 4.90 Å². The van der Waals surface area contributed by atoms with E-state index < -0.39 is 0 Å². The second kappa shape index (κ2) is 4.43. The quantitative estimate of drug-likeness (QED) is 0.723. The Hall–Kier alpha value is -0.0800. The van der Waals surface area contributed by atoms with E-state index >= 15 is 0 Å². The second-order valence-electron chi connectivity index (χ2n) is 4.85. The molecule has 0 amide bonds. The molecule has 1 aliphatic rings. The van der Waals surface area contributed by atoms with Crippen molar-refractivity contribution in [3.05, 3.63) is 0 Å². The highest BCUT2D eigenvalue weighted by Gasteiger charge is 2.32. The molecule has 13 heavy (non-hydrogen) atoms. The fraction of sp³-hybridized carbons (Fsp3) is 1.00. The third-order valence-electron chi connectivity index (χ3n) is 3.26. The first-order valence-electron chi connectivity index (χ1n) is 5.46. The molecule has 2 heteroatoms. The molecule has 0 aromatic carbocycles. The van der Waals surface area contributed by atoms with Gasteiger partial charge >= 0.3 is 0 Å². The van der Waals surface area contributed by atoms with Crippen molar-refractivity contribution >= 4 is 0 Å². The maximum Gasteiger partial charge on any atom is 0.0471 e. The van der Waals surface area contributed by atoms with Crippen LogP contribution in [0.5, 0.6) is 0 Å². The highest BCUT2D eigenvalue weighted by atomic mass is 16.3. The molecule has 1 atom stereocenters.